The van der Waals surface area contributed by atoms with Crippen LogP contribution in [0.1, 0.15) is 44.2 Å². The average molecular weight is 344 g/mol. The first-order chi connectivity index (χ1) is 11.9. The number of amides is 2. The molecule has 0 saturated carbocycles. The number of benzene rings is 1. The summed E-state index contributed by atoms with van der Waals surface area (Å²) in [6.45, 7) is 2.83. The SMILES string of the molecule is C[C@@]1(C(=O)O)CCN(C(=O)[C@@H](c2ccccc2)N2CCCCC2=O)C1. The van der Waals surface area contributed by atoms with Crippen molar-refractivity contribution in [3.05, 3.63) is 35.9 Å². The molecule has 2 amide bonds. The Kier molecular flexibility index (Phi) is 4.79. The molecule has 2 aliphatic rings. The van der Waals surface area contributed by atoms with Crippen molar-refractivity contribution >= 4 is 17.8 Å². The van der Waals surface area contributed by atoms with E-state index in [1.807, 2.05) is 30.3 Å². The van der Waals surface area contributed by atoms with Crippen LogP contribution in [0.5, 0.6) is 0 Å². The summed E-state index contributed by atoms with van der Waals surface area (Å²) < 4.78 is 0. The lowest BCUT2D eigenvalue weighted by atomic mass is 9.90. The van der Waals surface area contributed by atoms with Gasteiger partial charge in [0.05, 0.1) is 5.41 Å². The van der Waals surface area contributed by atoms with Gasteiger partial charge in [-0.15, -0.1) is 0 Å². The second kappa shape index (κ2) is 6.86. The van der Waals surface area contributed by atoms with E-state index in [2.05, 4.69) is 0 Å². The molecule has 6 nitrogen and oxygen atoms in total. The monoisotopic (exact) mass is 344 g/mol. The van der Waals surface area contributed by atoms with E-state index in [9.17, 15) is 19.5 Å². The fraction of sp³-hybridized carbons (Fsp3) is 0.526. The number of piperidine rings is 1. The summed E-state index contributed by atoms with van der Waals surface area (Å²) in [5.74, 6) is -1.06. The topological polar surface area (TPSA) is 77.9 Å². The summed E-state index contributed by atoms with van der Waals surface area (Å²) in [6, 6.07) is 8.64. The highest BCUT2D eigenvalue weighted by atomic mass is 16.4. The van der Waals surface area contributed by atoms with Crippen LogP contribution in [0.15, 0.2) is 30.3 Å². The van der Waals surface area contributed by atoms with E-state index in [1.54, 1.807) is 16.7 Å². The first-order valence-electron chi connectivity index (χ1n) is 8.79. The molecule has 0 radical (unpaired) electrons. The molecule has 2 saturated heterocycles. The number of likely N-dealkylation sites (tertiary alicyclic amines) is 2. The van der Waals surface area contributed by atoms with Crippen LogP contribution < -0.4 is 0 Å². The van der Waals surface area contributed by atoms with Crippen molar-refractivity contribution in [1.29, 1.82) is 0 Å². The van der Waals surface area contributed by atoms with Gasteiger partial charge in [-0.3, -0.25) is 14.4 Å². The third-order valence-electron chi connectivity index (χ3n) is 5.32. The van der Waals surface area contributed by atoms with Gasteiger partial charge in [0.25, 0.3) is 0 Å². The molecule has 134 valence electrons. The fourth-order valence-electron chi connectivity index (χ4n) is 3.69. The molecule has 3 rings (SSSR count). The maximum atomic E-state index is 13.2. The van der Waals surface area contributed by atoms with E-state index in [1.165, 1.54) is 0 Å². The van der Waals surface area contributed by atoms with Crippen molar-refractivity contribution in [2.45, 2.75) is 38.6 Å². The number of carbonyl (C=O) groups is 3. The fourth-order valence-corrected chi connectivity index (χ4v) is 3.69. The molecule has 2 heterocycles. The van der Waals surface area contributed by atoms with Gasteiger partial charge in [0.15, 0.2) is 0 Å². The largest absolute Gasteiger partial charge is 0.481 e. The van der Waals surface area contributed by atoms with Crippen molar-refractivity contribution in [1.82, 2.24) is 9.80 Å². The van der Waals surface area contributed by atoms with Gasteiger partial charge in [-0.25, -0.2) is 0 Å². The van der Waals surface area contributed by atoms with Gasteiger partial charge >= 0.3 is 5.97 Å². The van der Waals surface area contributed by atoms with Gasteiger partial charge in [-0.2, -0.15) is 0 Å². The standard InChI is InChI=1S/C19H24N2O4/c1-19(18(24)25)10-12-20(13-19)17(23)16(14-7-3-2-4-8-14)21-11-6-5-9-15(21)22/h2-4,7-8,16H,5-6,9-13H2,1H3,(H,24,25)/t16-,19-/m1/s1. The quantitative estimate of drug-likeness (QED) is 0.907. The third-order valence-corrected chi connectivity index (χ3v) is 5.32. The van der Waals surface area contributed by atoms with E-state index in [4.69, 9.17) is 0 Å². The second-order valence-electron chi connectivity index (χ2n) is 7.23. The first-order valence-corrected chi connectivity index (χ1v) is 8.79. The van der Waals surface area contributed by atoms with E-state index in [-0.39, 0.29) is 18.4 Å². The Hall–Kier alpha value is -2.37. The number of nitrogens with zero attached hydrogens (tertiary/aromatic N) is 2. The number of hydrogen-bond donors (Lipinski definition) is 1. The Labute approximate surface area is 147 Å². The number of carboxylic acid groups (broad SMARTS) is 1. The van der Waals surface area contributed by atoms with E-state index < -0.39 is 17.4 Å². The predicted molar refractivity (Wildman–Crippen MR) is 91.7 cm³/mol. The summed E-state index contributed by atoms with van der Waals surface area (Å²) >= 11 is 0. The first kappa shape index (κ1) is 17.5. The number of carboxylic acids is 1. The van der Waals surface area contributed by atoms with E-state index >= 15 is 0 Å². The molecule has 2 fully saturated rings. The van der Waals surface area contributed by atoms with Crippen LogP contribution in [0.3, 0.4) is 0 Å². The van der Waals surface area contributed by atoms with Crippen LogP contribution in [-0.2, 0) is 14.4 Å². The lowest BCUT2D eigenvalue weighted by Crippen LogP contribution is -2.47. The van der Waals surface area contributed by atoms with Crippen LogP contribution >= 0.6 is 0 Å². The number of carbonyl (C=O) groups excluding carboxylic acids is 2. The zero-order valence-electron chi connectivity index (χ0n) is 14.5. The Balaban J connectivity index is 1.88. The number of aliphatic carboxylic acids is 1. The summed E-state index contributed by atoms with van der Waals surface area (Å²) in [5.41, 5.74) is -0.130. The summed E-state index contributed by atoms with van der Waals surface area (Å²) in [6.07, 6.45) is 2.63. The van der Waals surface area contributed by atoms with Crippen LogP contribution in [0, 0.1) is 5.41 Å². The van der Waals surface area contributed by atoms with Crippen LogP contribution in [0.2, 0.25) is 0 Å². The molecule has 0 unspecified atom stereocenters. The minimum Gasteiger partial charge on any atom is -0.481 e. The predicted octanol–water partition coefficient (Wildman–Crippen LogP) is 2.06. The maximum Gasteiger partial charge on any atom is 0.311 e. The molecule has 6 heteroatoms. The highest BCUT2D eigenvalue weighted by Crippen LogP contribution is 2.34. The minimum atomic E-state index is -0.914. The molecule has 25 heavy (non-hydrogen) atoms. The average Bonchev–Trinajstić information content (AvgIpc) is 3.02. The van der Waals surface area contributed by atoms with Crippen LogP contribution in [-0.4, -0.2) is 52.3 Å². The smallest absolute Gasteiger partial charge is 0.311 e. The Bertz CT molecular complexity index is 675. The van der Waals surface area contributed by atoms with Crippen LogP contribution in [0.4, 0.5) is 0 Å². The molecule has 1 N–H and O–H groups in total. The van der Waals surface area contributed by atoms with Crippen molar-refractivity contribution in [2.75, 3.05) is 19.6 Å². The van der Waals surface area contributed by atoms with Gasteiger partial charge in [0.2, 0.25) is 11.8 Å². The van der Waals surface area contributed by atoms with Gasteiger partial charge in [-0.05, 0) is 31.7 Å². The molecule has 2 aliphatic heterocycles. The molecular formula is C19H24N2O4. The number of hydrogen-bond acceptors (Lipinski definition) is 3. The minimum absolute atomic E-state index is 0.00588. The van der Waals surface area contributed by atoms with Crippen molar-refractivity contribution in [2.24, 2.45) is 5.41 Å². The van der Waals surface area contributed by atoms with Gasteiger partial charge < -0.3 is 14.9 Å². The van der Waals surface area contributed by atoms with Crippen LogP contribution in [0.25, 0.3) is 0 Å². The lowest BCUT2D eigenvalue weighted by molar-refractivity contribution is -0.150. The highest BCUT2D eigenvalue weighted by Gasteiger charge is 2.45. The molecule has 0 spiro atoms. The lowest BCUT2D eigenvalue weighted by Gasteiger charge is -2.36. The van der Waals surface area contributed by atoms with E-state index in [0.717, 1.165) is 18.4 Å². The third kappa shape index (κ3) is 3.38. The molecule has 2 atom stereocenters. The maximum absolute atomic E-state index is 13.2. The molecule has 0 aliphatic carbocycles. The van der Waals surface area contributed by atoms with Crippen molar-refractivity contribution in [3.8, 4) is 0 Å². The molecular weight excluding hydrogens is 320 g/mol. The summed E-state index contributed by atoms with van der Waals surface area (Å²) in [5, 5.41) is 9.42. The number of rotatable bonds is 4. The normalized spacial score (nSPS) is 25.1. The Morgan fingerprint density at radius 1 is 1.16 bits per heavy atom. The van der Waals surface area contributed by atoms with Crippen molar-refractivity contribution < 1.29 is 19.5 Å². The van der Waals surface area contributed by atoms with E-state index in [0.29, 0.717) is 25.9 Å². The second-order valence-corrected chi connectivity index (χ2v) is 7.23. The Morgan fingerprint density at radius 3 is 2.48 bits per heavy atom. The summed E-state index contributed by atoms with van der Waals surface area (Å²) in [7, 11) is 0. The molecule has 0 bridgehead atoms. The molecule has 1 aromatic carbocycles. The molecule has 1 aromatic rings. The summed E-state index contributed by atoms with van der Waals surface area (Å²) in [4.78, 5) is 40.4. The molecule has 0 aromatic heterocycles. The zero-order chi connectivity index (χ0) is 18.0. The van der Waals surface area contributed by atoms with Gasteiger partial charge in [0, 0.05) is 26.1 Å². The van der Waals surface area contributed by atoms with Gasteiger partial charge in [-0.1, -0.05) is 30.3 Å². The van der Waals surface area contributed by atoms with Gasteiger partial charge in [0.1, 0.15) is 6.04 Å². The van der Waals surface area contributed by atoms with Crippen molar-refractivity contribution in [3.63, 3.8) is 0 Å². The Morgan fingerprint density at radius 2 is 1.88 bits per heavy atom. The zero-order valence-corrected chi connectivity index (χ0v) is 14.5. The highest BCUT2D eigenvalue weighted by molar-refractivity contribution is 5.90.